The Hall–Kier alpha value is -2.27. The lowest BCUT2D eigenvalue weighted by Crippen LogP contribution is -2.67. The van der Waals surface area contributed by atoms with Gasteiger partial charge in [-0.25, -0.2) is 26.3 Å². The van der Waals surface area contributed by atoms with Crippen LogP contribution in [0.1, 0.15) is 56.1 Å². The number of nitrogens with one attached hydrogen (secondary N) is 2. The fourth-order valence-electron chi connectivity index (χ4n) is 7.10. The van der Waals surface area contributed by atoms with Gasteiger partial charge in [-0.2, -0.15) is 0 Å². The number of rotatable bonds is 6. The van der Waals surface area contributed by atoms with Gasteiger partial charge in [0.15, 0.2) is 0 Å². The molecule has 0 saturated heterocycles. The molecule has 2 aromatic carbocycles. The van der Waals surface area contributed by atoms with Crippen LogP contribution >= 0.6 is 0 Å². The lowest BCUT2D eigenvalue weighted by Gasteiger charge is -2.61. The summed E-state index contributed by atoms with van der Waals surface area (Å²) in [4.78, 5) is 0.229. The number of fused-ring (bicyclic) bond motifs is 5. The minimum atomic E-state index is -3.74. The molecule has 4 bridgehead atoms. The largest absolute Gasteiger partial charge is 0.410 e. The van der Waals surface area contributed by atoms with E-state index in [0.717, 1.165) is 38.5 Å². The molecule has 3 atom stereocenters. The van der Waals surface area contributed by atoms with E-state index in [-0.39, 0.29) is 27.1 Å². The molecule has 8 rings (SSSR count). The standard InChI is InChI=1S/C25H27N3O5S2/c29-26-24-21-9-17(34(30,31)27-23-8-14-1-2-16(23)7-14)3-5-19(21)20-6-4-18(10-22(20)24)35(32,33)28-25-11-15(12-25)13-25/h3-6,9-10,14-16,23,27-29H,1-2,7-8,11-13H2/b26-24-. The molecule has 0 aliphatic heterocycles. The summed E-state index contributed by atoms with van der Waals surface area (Å²) in [7, 11) is -7.47. The quantitative estimate of drug-likeness (QED) is 0.345. The Kier molecular flexibility index (Phi) is 4.49. The van der Waals surface area contributed by atoms with Gasteiger partial charge in [0.05, 0.1) is 9.79 Å². The van der Waals surface area contributed by atoms with E-state index >= 15 is 0 Å². The smallest absolute Gasteiger partial charge is 0.241 e. The van der Waals surface area contributed by atoms with E-state index in [1.807, 2.05) is 0 Å². The predicted molar refractivity (Wildman–Crippen MR) is 129 cm³/mol. The van der Waals surface area contributed by atoms with Gasteiger partial charge in [-0.05, 0) is 91.7 Å². The van der Waals surface area contributed by atoms with Crippen molar-refractivity contribution in [2.75, 3.05) is 0 Å². The third kappa shape index (κ3) is 3.26. The van der Waals surface area contributed by atoms with Crippen molar-refractivity contribution in [2.24, 2.45) is 22.9 Å². The fourth-order valence-corrected chi connectivity index (χ4v) is 9.90. The SMILES string of the molecule is O=S(=O)(NC1CC2CCC1C2)c1ccc2c(c1)/C(=N/O)c1cc(S(=O)(=O)NC34CC(C3)C4)ccc1-2. The second-order valence-corrected chi connectivity index (χ2v) is 14.5. The minimum Gasteiger partial charge on any atom is -0.410 e. The molecule has 8 nitrogen and oxygen atoms in total. The Bertz CT molecular complexity index is 1500. The highest BCUT2D eigenvalue weighted by molar-refractivity contribution is 7.89. The van der Waals surface area contributed by atoms with E-state index in [9.17, 15) is 22.0 Å². The Labute approximate surface area is 204 Å². The maximum absolute atomic E-state index is 13.2. The van der Waals surface area contributed by atoms with Crippen LogP contribution in [-0.4, -0.2) is 39.3 Å². The molecular weight excluding hydrogens is 486 g/mol. The summed E-state index contributed by atoms with van der Waals surface area (Å²) in [6.45, 7) is 0. The number of sulfonamides is 2. The summed E-state index contributed by atoms with van der Waals surface area (Å²) < 4.78 is 58.2. The molecule has 5 saturated carbocycles. The summed E-state index contributed by atoms with van der Waals surface area (Å²) >= 11 is 0. The molecule has 184 valence electrons. The molecule has 6 aliphatic carbocycles. The van der Waals surface area contributed by atoms with Crippen LogP contribution in [0.3, 0.4) is 0 Å². The van der Waals surface area contributed by atoms with Gasteiger partial charge in [0.25, 0.3) is 0 Å². The number of hydrogen-bond acceptors (Lipinski definition) is 6. The first-order chi connectivity index (χ1) is 16.7. The highest BCUT2D eigenvalue weighted by Crippen LogP contribution is 2.57. The Balaban J connectivity index is 1.20. The lowest BCUT2D eigenvalue weighted by atomic mass is 9.50. The lowest BCUT2D eigenvalue weighted by molar-refractivity contribution is -0.0317. The van der Waals surface area contributed by atoms with Crippen LogP contribution in [0.15, 0.2) is 51.3 Å². The summed E-state index contributed by atoms with van der Waals surface area (Å²) in [5.74, 6) is 1.66. The van der Waals surface area contributed by atoms with E-state index in [4.69, 9.17) is 0 Å². The molecular formula is C25H27N3O5S2. The van der Waals surface area contributed by atoms with Crippen molar-refractivity contribution in [3.8, 4) is 11.1 Å². The topological polar surface area (TPSA) is 125 Å². The van der Waals surface area contributed by atoms with E-state index in [0.29, 0.717) is 40.0 Å². The van der Waals surface area contributed by atoms with Gasteiger partial charge >= 0.3 is 0 Å². The number of hydrogen-bond donors (Lipinski definition) is 3. The second-order valence-electron chi connectivity index (χ2n) is 11.1. The first-order valence-corrected chi connectivity index (χ1v) is 15.2. The molecule has 3 N–H and O–H groups in total. The van der Waals surface area contributed by atoms with Crippen LogP contribution in [0.2, 0.25) is 0 Å². The average molecular weight is 514 g/mol. The molecule has 5 fully saturated rings. The summed E-state index contributed by atoms with van der Waals surface area (Å²) in [6, 6.07) is 9.52. The normalized spacial score (nSPS) is 33.3. The Morgan fingerprint density at radius 3 is 1.91 bits per heavy atom. The van der Waals surface area contributed by atoms with Crippen molar-refractivity contribution in [3.05, 3.63) is 47.5 Å². The van der Waals surface area contributed by atoms with E-state index < -0.39 is 20.0 Å². The number of oxime groups is 1. The van der Waals surface area contributed by atoms with E-state index in [1.165, 1.54) is 18.6 Å². The summed E-state index contributed by atoms with van der Waals surface area (Å²) in [5.41, 5.74) is 2.24. The maximum atomic E-state index is 13.2. The Morgan fingerprint density at radius 1 is 0.800 bits per heavy atom. The number of benzene rings is 2. The van der Waals surface area contributed by atoms with Crippen LogP contribution < -0.4 is 9.44 Å². The fraction of sp³-hybridized carbons (Fsp3) is 0.480. The first-order valence-electron chi connectivity index (χ1n) is 12.2. The third-order valence-corrected chi connectivity index (χ3v) is 12.0. The van der Waals surface area contributed by atoms with Crippen LogP contribution in [0.25, 0.3) is 11.1 Å². The van der Waals surface area contributed by atoms with E-state index in [1.54, 1.807) is 24.3 Å². The predicted octanol–water partition coefficient (Wildman–Crippen LogP) is 3.19. The molecule has 10 heteroatoms. The second kappa shape index (κ2) is 7.15. The van der Waals surface area contributed by atoms with Gasteiger partial charge in [-0.15, -0.1) is 0 Å². The third-order valence-electron chi connectivity index (χ3n) is 8.94. The highest BCUT2D eigenvalue weighted by atomic mass is 32.2. The van der Waals surface area contributed by atoms with Crippen molar-refractivity contribution in [1.29, 1.82) is 0 Å². The molecule has 0 spiro atoms. The summed E-state index contributed by atoms with van der Waals surface area (Å²) in [5, 5.41) is 13.3. The zero-order valence-corrected chi connectivity index (χ0v) is 20.7. The van der Waals surface area contributed by atoms with Crippen molar-refractivity contribution in [3.63, 3.8) is 0 Å². The zero-order chi connectivity index (χ0) is 24.2. The zero-order valence-electron chi connectivity index (χ0n) is 19.1. The summed E-state index contributed by atoms with van der Waals surface area (Å²) in [6.07, 6.45) is 6.90. The van der Waals surface area contributed by atoms with Crippen molar-refractivity contribution in [1.82, 2.24) is 9.44 Å². The van der Waals surface area contributed by atoms with Crippen LogP contribution in [-0.2, 0) is 20.0 Å². The molecule has 3 unspecified atom stereocenters. The molecule has 0 aromatic heterocycles. The molecule has 0 radical (unpaired) electrons. The van der Waals surface area contributed by atoms with Gasteiger partial charge in [-0.1, -0.05) is 23.7 Å². The molecule has 35 heavy (non-hydrogen) atoms. The molecule has 0 heterocycles. The molecule has 0 amide bonds. The van der Waals surface area contributed by atoms with Crippen LogP contribution in [0, 0.1) is 17.8 Å². The average Bonchev–Trinajstić information content (AvgIpc) is 3.47. The van der Waals surface area contributed by atoms with Gasteiger partial charge in [0.2, 0.25) is 20.0 Å². The maximum Gasteiger partial charge on any atom is 0.241 e. The molecule has 2 aromatic rings. The number of nitrogens with zero attached hydrogens (tertiary/aromatic N) is 1. The van der Waals surface area contributed by atoms with Crippen molar-refractivity contribution < 1.29 is 22.0 Å². The van der Waals surface area contributed by atoms with Gasteiger partial charge in [0, 0.05) is 22.7 Å². The first kappa shape index (κ1) is 22.0. The monoisotopic (exact) mass is 513 g/mol. The van der Waals surface area contributed by atoms with Crippen LogP contribution in [0.5, 0.6) is 0 Å². The van der Waals surface area contributed by atoms with E-state index in [2.05, 4.69) is 14.6 Å². The van der Waals surface area contributed by atoms with Gasteiger partial charge in [-0.3, -0.25) is 0 Å². The molecule has 6 aliphatic rings. The van der Waals surface area contributed by atoms with Crippen LogP contribution in [0.4, 0.5) is 0 Å². The van der Waals surface area contributed by atoms with Gasteiger partial charge < -0.3 is 5.21 Å². The van der Waals surface area contributed by atoms with Crippen molar-refractivity contribution in [2.45, 2.75) is 66.3 Å². The van der Waals surface area contributed by atoms with Gasteiger partial charge in [0.1, 0.15) is 5.71 Å². The van der Waals surface area contributed by atoms with Crippen molar-refractivity contribution >= 4 is 25.8 Å². The highest BCUT2D eigenvalue weighted by Gasteiger charge is 2.58. The minimum absolute atomic E-state index is 0.0310. The Morgan fingerprint density at radius 2 is 1.43 bits per heavy atom.